The number of hydrogen-bond donors (Lipinski definition) is 1. The molecule has 0 atom stereocenters. The van der Waals surface area contributed by atoms with Crippen LogP contribution >= 0.6 is 11.8 Å². The summed E-state index contributed by atoms with van der Waals surface area (Å²) in [7, 11) is 0. The summed E-state index contributed by atoms with van der Waals surface area (Å²) in [6, 6.07) is 22.6. The largest absolute Gasteiger partial charge is 0.493 e. The third-order valence-corrected chi connectivity index (χ3v) is 6.64. The first-order valence-corrected chi connectivity index (χ1v) is 11.8. The lowest BCUT2D eigenvalue weighted by Crippen LogP contribution is -2.09. The van der Waals surface area contributed by atoms with Crippen molar-refractivity contribution in [1.82, 2.24) is 0 Å². The Labute approximate surface area is 193 Å². The molecule has 0 aliphatic heterocycles. The van der Waals surface area contributed by atoms with E-state index >= 15 is 0 Å². The second kappa shape index (κ2) is 10.6. The monoisotopic (exact) mass is 448 g/mol. The van der Waals surface area contributed by atoms with Gasteiger partial charge >= 0.3 is 5.97 Å². The van der Waals surface area contributed by atoms with E-state index in [9.17, 15) is 4.79 Å². The first kappa shape index (κ1) is 22.3. The van der Waals surface area contributed by atoms with Gasteiger partial charge in [0.05, 0.1) is 6.61 Å². The lowest BCUT2D eigenvalue weighted by atomic mass is 10.1. The Balaban J connectivity index is 1.55. The second-order valence-electron chi connectivity index (χ2n) is 8.23. The maximum Gasteiger partial charge on any atom is 0.341 e. The van der Waals surface area contributed by atoms with Crippen LogP contribution in [0.25, 0.3) is 11.1 Å². The van der Waals surface area contributed by atoms with E-state index in [2.05, 4.69) is 30.3 Å². The lowest BCUT2D eigenvalue weighted by molar-refractivity contribution is -0.139. The number of carboxylic acid groups (broad SMARTS) is 1. The van der Waals surface area contributed by atoms with E-state index in [1.165, 1.54) is 25.7 Å². The van der Waals surface area contributed by atoms with Gasteiger partial charge in [-0.15, -0.1) is 0 Å². The second-order valence-corrected chi connectivity index (χ2v) is 9.38. The van der Waals surface area contributed by atoms with Crippen molar-refractivity contribution in [2.24, 2.45) is 5.92 Å². The summed E-state index contributed by atoms with van der Waals surface area (Å²) in [5.74, 6) is 1.17. The van der Waals surface area contributed by atoms with Gasteiger partial charge in [0.2, 0.25) is 0 Å². The number of ether oxygens (including phenoxy) is 2. The van der Waals surface area contributed by atoms with Crippen LogP contribution in [0.5, 0.6) is 11.5 Å². The van der Waals surface area contributed by atoms with Crippen LogP contribution in [0.4, 0.5) is 0 Å². The Kier molecular flexibility index (Phi) is 7.38. The van der Waals surface area contributed by atoms with Crippen molar-refractivity contribution < 1.29 is 19.4 Å². The fraction of sp³-hybridized carbons (Fsp3) is 0.296. The summed E-state index contributed by atoms with van der Waals surface area (Å²) in [5.41, 5.74) is 3.21. The average Bonchev–Trinajstić information content (AvgIpc) is 3.31. The highest BCUT2D eigenvalue weighted by molar-refractivity contribution is 7.99. The highest BCUT2D eigenvalue weighted by Crippen LogP contribution is 2.37. The Bertz CT molecular complexity index is 1060. The summed E-state index contributed by atoms with van der Waals surface area (Å²) in [4.78, 5) is 12.9. The van der Waals surface area contributed by atoms with Crippen molar-refractivity contribution in [2.75, 3.05) is 13.2 Å². The molecule has 3 aromatic carbocycles. The van der Waals surface area contributed by atoms with Gasteiger partial charge in [-0.1, -0.05) is 54.9 Å². The number of carbonyl (C=O) groups is 1. The van der Waals surface area contributed by atoms with Gasteiger partial charge < -0.3 is 14.6 Å². The zero-order valence-corrected chi connectivity index (χ0v) is 19.1. The maximum absolute atomic E-state index is 10.8. The maximum atomic E-state index is 10.8. The molecule has 3 aromatic rings. The standard InChI is InChI=1S/C27H28O4S/c1-19-13-24(11-12-26(19)31-18-27(28)29)32-25-15-22(21-9-3-2-4-10-21)14-23(16-25)30-17-20-7-5-6-8-20/h2-4,9-16,20H,5-8,17-18H2,1H3,(H,28,29). The molecular weight excluding hydrogens is 420 g/mol. The minimum atomic E-state index is -0.981. The summed E-state index contributed by atoms with van der Waals surface area (Å²) in [6.45, 7) is 2.36. The van der Waals surface area contributed by atoms with Crippen LogP contribution in [0.15, 0.2) is 76.5 Å². The van der Waals surface area contributed by atoms with Crippen LogP contribution in [-0.2, 0) is 4.79 Å². The highest BCUT2D eigenvalue weighted by Gasteiger charge is 2.16. The summed E-state index contributed by atoms with van der Waals surface area (Å²) in [5, 5.41) is 8.83. The van der Waals surface area contributed by atoms with Gasteiger partial charge in [-0.25, -0.2) is 4.79 Å². The molecular formula is C27H28O4S. The Morgan fingerprint density at radius 3 is 2.44 bits per heavy atom. The number of aliphatic carboxylic acids is 1. The number of carboxylic acids is 1. The molecule has 1 N–H and O–H groups in total. The van der Waals surface area contributed by atoms with Crippen LogP contribution in [0, 0.1) is 12.8 Å². The molecule has 32 heavy (non-hydrogen) atoms. The highest BCUT2D eigenvalue weighted by atomic mass is 32.2. The van der Waals surface area contributed by atoms with Crippen LogP contribution < -0.4 is 9.47 Å². The van der Waals surface area contributed by atoms with Gasteiger partial charge in [0.25, 0.3) is 0 Å². The van der Waals surface area contributed by atoms with Crippen molar-refractivity contribution >= 4 is 17.7 Å². The third-order valence-electron chi connectivity index (χ3n) is 5.68. The fourth-order valence-corrected chi connectivity index (χ4v) is 5.03. The SMILES string of the molecule is Cc1cc(Sc2cc(OCC3CCCC3)cc(-c3ccccc3)c2)ccc1OCC(=O)O. The number of benzene rings is 3. The van der Waals surface area contributed by atoms with Gasteiger partial charge in [-0.05, 0) is 78.8 Å². The smallest absolute Gasteiger partial charge is 0.341 e. The van der Waals surface area contributed by atoms with Gasteiger partial charge in [0.15, 0.2) is 6.61 Å². The number of hydrogen-bond acceptors (Lipinski definition) is 4. The van der Waals surface area contributed by atoms with Crippen LogP contribution in [0.2, 0.25) is 0 Å². The molecule has 4 nitrogen and oxygen atoms in total. The van der Waals surface area contributed by atoms with Crippen molar-refractivity contribution in [3.8, 4) is 22.6 Å². The Hall–Kier alpha value is -2.92. The molecule has 0 unspecified atom stereocenters. The third kappa shape index (κ3) is 6.07. The molecule has 0 heterocycles. The quantitative estimate of drug-likeness (QED) is 0.388. The Morgan fingerprint density at radius 2 is 1.72 bits per heavy atom. The molecule has 0 saturated heterocycles. The predicted octanol–water partition coefficient (Wildman–Crippen LogP) is 6.85. The van der Waals surface area contributed by atoms with E-state index in [-0.39, 0.29) is 6.61 Å². The van der Waals surface area contributed by atoms with E-state index in [0.717, 1.165) is 38.8 Å². The van der Waals surface area contributed by atoms with Crippen molar-refractivity contribution in [3.05, 3.63) is 72.3 Å². The molecule has 5 heteroatoms. The minimum Gasteiger partial charge on any atom is -0.493 e. The first-order chi connectivity index (χ1) is 15.6. The van der Waals surface area contributed by atoms with Gasteiger partial charge in [0.1, 0.15) is 11.5 Å². The molecule has 1 aliphatic rings. The molecule has 4 rings (SSSR count). The summed E-state index contributed by atoms with van der Waals surface area (Å²) >= 11 is 1.66. The van der Waals surface area contributed by atoms with Crippen molar-refractivity contribution in [3.63, 3.8) is 0 Å². The summed E-state index contributed by atoms with van der Waals surface area (Å²) in [6.07, 6.45) is 5.14. The average molecular weight is 449 g/mol. The molecule has 0 bridgehead atoms. The fourth-order valence-electron chi connectivity index (χ4n) is 4.03. The zero-order chi connectivity index (χ0) is 22.3. The predicted molar refractivity (Wildman–Crippen MR) is 128 cm³/mol. The molecule has 0 radical (unpaired) electrons. The molecule has 1 aliphatic carbocycles. The Morgan fingerprint density at radius 1 is 0.938 bits per heavy atom. The molecule has 1 saturated carbocycles. The van der Waals surface area contributed by atoms with E-state index in [1.807, 2.05) is 43.3 Å². The van der Waals surface area contributed by atoms with E-state index in [0.29, 0.717) is 11.7 Å². The van der Waals surface area contributed by atoms with Crippen LogP contribution in [-0.4, -0.2) is 24.3 Å². The minimum absolute atomic E-state index is 0.339. The van der Waals surface area contributed by atoms with Gasteiger partial charge in [-0.3, -0.25) is 0 Å². The number of aryl methyl sites for hydroxylation is 1. The van der Waals surface area contributed by atoms with Gasteiger partial charge in [0, 0.05) is 9.79 Å². The zero-order valence-electron chi connectivity index (χ0n) is 18.3. The van der Waals surface area contributed by atoms with Crippen molar-refractivity contribution in [1.29, 1.82) is 0 Å². The topological polar surface area (TPSA) is 55.8 Å². The first-order valence-electron chi connectivity index (χ1n) is 11.0. The van der Waals surface area contributed by atoms with E-state index in [1.54, 1.807) is 11.8 Å². The molecule has 166 valence electrons. The molecule has 1 fully saturated rings. The lowest BCUT2D eigenvalue weighted by Gasteiger charge is -2.15. The van der Waals surface area contributed by atoms with Crippen LogP contribution in [0.3, 0.4) is 0 Å². The molecule has 0 spiro atoms. The molecule has 0 aromatic heterocycles. The van der Waals surface area contributed by atoms with Crippen molar-refractivity contribution in [2.45, 2.75) is 42.4 Å². The summed E-state index contributed by atoms with van der Waals surface area (Å²) < 4.78 is 11.6. The van der Waals surface area contributed by atoms with Gasteiger partial charge in [-0.2, -0.15) is 0 Å². The van der Waals surface area contributed by atoms with E-state index < -0.39 is 5.97 Å². The molecule has 0 amide bonds. The number of rotatable bonds is 9. The van der Waals surface area contributed by atoms with E-state index in [4.69, 9.17) is 14.6 Å². The van der Waals surface area contributed by atoms with Crippen LogP contribution in [0.1, 0.15) is 31.2 Å². The normalized spacial score (nSPS) is 13.8.